The van der Waals surface area contributed by atoms with E-state index in [9.17, 15) is 13.2 Å². The Bertz CT molecular complexity index is 1420. The van der Waals surface area contributed by atoms with E-state index in [4.69, 9.17) is 5.10 Å². The van der Waals surface area contributed by atoms with Crippen LogP contribution < -0.4 is 34.9 Å². The van der Waals surface area contributed by atoms with Crippen LogP contribution in [0.1, 0.15) is 17.0 Å². The maximum absolute atomic E-state index is 12.1. The summed E-state index contributed by atoms with van der Waals surface area (Å²) in [5.74, 6) is 0. The average Bonchev–Trinajstić information content (AvgIpc) is 3.37. The molecule has 0 atom stereocenters. The van der Waals surface area contributed by atoms with Crippen LogP contribution in [0.2, 0.25) is 0 Å². The summed E-state index contributed by atoms with van der Waals surface area (Å²) in [5.41, 5.74) is 6.13. The van der Waals surface area contributed by atoms with Crippen LogP contribution in [0.5, 0.6) is 0 Å². The van der Waals surface area contributed by atoms with Crippen LogP contribution in [0.3, 0.4) is 0 Å². The molecule has 0 aliphatic heterocycles. The van der Waals surface area contributed by atoms with Gasteiger partial charge in [-0.15, -0.1) is 0 Å². The molecule has 0 aliphatic rings. The van der Waals surface area contributed by atoms with Crippen molar-refractivity contribution in [3.63, 3.8) is 0 Å². The number of urea groups is 1. The molecule has 176 valence electrons. The number of aryl methyl sites for hydroxylation is 2. The summed E-state index contributed by atoms with van der Waals surface area (Å²) in [6.07, 6.45) is 0.499. The number of carbonyl (C=O) groups is 1. The first-order chi connectivity index (χ1) is 16.3. The van der Waals surface area contributed by atoms with Crippen molar-refractivity contribution >= 4 is 16.1 Å². The van der Waals surface area contributed by atoms with Gasteiger partial charge < -0.3 is 10.0 Å². The topological polar surface area (TPSA) is 139 Å². The van der Waals surface area contributed by atoms with Gasteiger partial charge in [0, 0.05) is 18.3 Å². The first-order valence-corrected chi connectivity index (χ1v) is 11.9. The van der Waals surface area contributed by atoms with E-state index in [0.29, 0.717) is 6.42 Å². The molecule has 2 amide bonds. The first-order valence-electron chi connectivity index (χ1n) is 10.5. The molecule has 2 heterocycles. The Labute approximate surface area is 225 Å². The Kier molecular flexibility index (Phi) is 8.43. The van der Waals surface area contributed by atoms with Crippen molar-refractivity contribution in [3.05, 3.63) is 76.3 Å². The van der Waals surface area contributed by atoms with Gasteiger partial charge in [0.05, 0.1) is 11.4 Å². The molecule has 35 heavy (non-hydrogen) atoms. The number of rotatable bonds is 7. The zero-order valence-electron chi connectivity index (χ0n) is 19.9. The van der Waals surface area contributed by atoms with Crippen molar-refractivity contribution in [1.29, 1.82) is 0 Å². The number of nitrogens with zero attached hydrogens (tertiary/aromatic N) is 7. The molecule has 0 aliphatic carbocycles. The van der Waals surface area contributed by atoms with Crippen LogP contribution in [-0.4, -0.2) is 51.0 Å². The molecule has 11 nitrogen and oxygen atoms in total. The van der Waals surface area contributed by atoms with Gasteiger partial charge in [-0.05, 0) is 60.5 Å². The molecule has 1 N–H and O–H groups in total. The second-order valence-electron chi connectivity index (χ2n) is 7.62. The molecule has 2 aromatic carbocycles. The number of tetrazole rings is 1. The molecule has 0 fully saturated rings. The predicted molar refractivity (Wildman–Crippen MR) is 125 cm³/mol. The standard InChI is InChI=1S/C22H24N8O3S.Na/c1-15-20(18-7-5-4-6-8-18)16(2)30(25-15)19-11-9-17(10-12-19)13-14-23-21(31)26-34(32,33)22-24-27-28-29(22)3;/h4-12H,13-14H2,1-3H3,(H2,23,26,31);/q;+1/p-1. The maximum Gasteiger partial charge on any atom is 1.00 e. The van der Waals surface area contributed by atoms with Crippen molar-refractivity contribution in [1.82, 2.24) is 35.3 Å². The molecule has 4 aromatic rings. The number of benzene rings is 2. The Morgan fingerprint density at radius 1 is 1.06 bits per heavy atom. The third-order valence-electron chi connectivity index (χ3n) is 5.24. The van der Waals surface area contributed by atoms with E-state index in [1.54, 1.807) is 0 Å². The number of hydrogen-bond donors (Lipinski definition) is 1. The van der Waals surface area contributed by atoms with Gasteiger partial charge in [-0.2, -0.15) is 5.10 Å². The van der Waals surface area contributed by atoms with E-state index in [-0.39, 0.29) is 36.1 Å². The van der Waals surface area contributed by atoms with Gasteiger partial charge in [0.2, 0.25) is 10.0 Å². The molecule has 2 aromatic heterocycles. The molecule has 0 unspecified atom stereocenters. The molecular weight excluding hydrogens is 479 g/mol. The molecule has 4 rings (SSSR count). The molecule has 0 radical (unpaired) electrons. The Hall–Kier alpha value is -3.06. The van der Waals surface area contributed by atoms with Crippen molar-refractivity contribution in [2.45, 2.75) is 25.4 Å². The fourth-order valence-electron chi connectivity index (χ4n) is 3.66. The van der Waals surface area contributed by atoms with Gasteiger partial charge >= 0.3 is 29.6 Å². The summed E-state index contributed by atoms with van der Waals surface area (Å²) in [5, 5.41) is 16.7. The number of amides is 2. The second kappa shape index (κ2) is 11.1. The van der Waals surface area contributed by atoms with Crippen molar-refractivity contribution in [2.75, 3.05) is 6.54 Å². The first kappa shape index (κ1) is 26.5. The third kappa shape index (κ3) is 5.96. The van der Waals surface area contributed by atoms with Gasteiger partial charge in [0.25, 0.3) is 5.16 Å². The van der Waals surface area contributed by atoms with Crippen molar-refractivity contribution in [2.24, 2.45) is 7.05 Å². The monoisotopic (exact) mass is 502 g/mol. The number of nitrogens with one attached hydrogen (secondary N) is 1. The van der Waals surface area contributed by atoms with Crippen molar-refractivity contribution in [3.8, 4) is 16.8 Å². The van der Waals surface area contributed by atoms with E-state index < -0.39 is 21.2 Å². The van der Waals surface area contributed by atoms with Crippen molar-refractivity contribution < 1.29 is 42.8 Å². The molecule has 0 saturated heterocycles. The van der Waals surface area contributed by atoms with E-state index in [1.165, 1.54) is 7.05 Å². The molecular formula is C22H23N8NaO3S. The predicted octanol–water partition coefficient (Wildman–Crippen LogP) is -0.302. The minimum absolute atomic E-state index is 0. The van der Waals surface area contributed by atoms with Crippen LogP contribution in [0.4, 0.5) is 4.79 Å². The number of hydrogen-bond acceptors (Lipinski definition) is 7. The second-order valence-corrected chi connectivity index (χ2v) is 9.12. The summed E-state index contributed by atoms with van der Waals surface area (Å²) in [7, 11) is -2.93. The SMILES string of the molecule is Cc1nn(-c2ccc(CCNC(=O)[N-]S(=O)(=O)c3nnnn3C)cc2)c(C)c1-c1ccccc1.[Na+]. The van der Waals surface area contributed by atoms with Crippen LogP contribution >= 0.6 is 0 Å². The normalized spacial score (nSPS) is 11.1. The van der Waals surface area contributed by atoms with Gasteiger partial charge in [0.15, 0.2) is 6.03 Å². The van der Waals surface area contributed by atoms with Crippen LogP contribution in [0.25, 0.3) is 21.5 Å². The van der Waals surface area contributed by atoms with Gasteiger partial charge in [-0.25, -0.2) is 17.8 Å². The van der Waals surface area contributed by atoms with Gasteiger partial charge in [-0.3, -0.25) is 4.79 Å². The largest absolute Gasteiger partial charge is 1.00 e. The van der Waals surface area contributed by atoms with Gasteiger partial charge in [-0.1, -0.05) is 47.6 Å². The maximum atomic E-state index is 12.1. The van der Waals surface area contributed by atoms with Crippen LogP contribution in [0, 0.1) is 13.8 Å². The molecule has 0 saturated carbocycles. The molecule has 13 heteroatoms. The minimum Gasteiger partial charge on any atom is -0.448 e. The van der Waals surface area contributed by atoms with Crippen LogP contribution in [-0.2, 0) is 23.5 Å². The number of carbonyl (C=O) groups excluding carboxylic acids is 1. The number of aromatic nitrogens is 6. The van der Waals surface area contributed by atoms with E-state index in [0.717, 1.165) is 38.4 Å². The Balaban J connectivity index is 0.00000342. The summed E-state index contributed by atoms with van der Waals surface area (Å²) in [4.78, 5) is 11.9. The zero-order valence-corrected chi connectivity index (χ0v) is 22.7. The Morgan fingerprint density at radius 3 is 2.37 bits per heavy atom. The fourth-order valence-corrected chi connectivity index (χ4v) is 4.53. The van der Waals surface area contributed by atoms with Gasteiger partial charge in [0.1, 0.15) is 0 Å². The summed E-state index contributed by atoms with van der Waals surface area (Å²) in [6, 6.07) is 17.0. The summed E-state index contributed by atoms with van der Waals surface area (Å²) in [6.45, 7) is 4.25. The summed E-state index contributed by atoms with van der Waals surface area (Å²) < 4.78 is 30.2. The quantitative estimate of drug-likeness (QED) is 0.342. The minimum atomic E-state index is -4.27. The number of sulfonamides is 1. The molecule has 0 bridgehead atoms. The Morgan fingerprint density at radius 2 is 1.74 bits per heavy atom. The smallest absolute Gasteiger partial charge is 0.448 e. The van der Waals surface area contributed by atoms with E-state index >= 15 is 0 Å². The van der Waals surface area contributed by atoms with E-state index in [1.807, 2.05) is 61.0 Å². The van der Waals surface area contributed by atoms with Crippen LogP contribution in [0.15, 0.2) is 59.8 Å². The van der Waals surface area contributed by atoms with E-state index in [2.05, 4.69) is 37.7 Å². The fraction of sp³-hybridized carbons (Fsp3) is 0.227. The summed E-state index contributed by atoms with van der Waals surface area (Å²) >= 11 is 0. The zero-order chi connectivity index (χ0) is 24.3. The third-order valence-corrected chi connectivity index (χ3v) is 6.45. The average molecular weight is 503 g/mol. The molecule has 0 spiro atoms.